The Bertz CT molecular complexity index is 1270. The largest absolute Gasteiger partial charge is 0.497 e. The summed E-state index contributed by atoms with van der Waals surface area (Å²) in [5.41, 5.74) is 4.73. The van der Waals surface area contributed by atoms with Gasteiger partial charge in [0, 0.05) is 5.56 Å². The summed E-state index contributed by atoms with van der Waals surface area (Å²) in [4.78, 5) is 11.3. The third kappa shape index (κ3) is 6.38. The highest BCUT2D eigenvalue weighted by atomic mass is 19.1. The molecular formula is C33H39FO4. The van der Waals surface area contributed by atoms with Crippen molar-refractivity contribution in [1.29, 1.82) is 0 Å². The highest BCUT2D eigenvalue weighted by Crippen LogP contribution is 2.49. The number of aliphatic carboxylic acids is 1. The fraction of sp³-hybridized carbons (Fsp3) is 0.424. The first-order valence-electron chi connectivity index (χ1n) is 13.6. The summed E-state index contributed by atoms with van der Waals surface area (Å²) in [5.74, 6) is 0.557. The molecule has 202 valence electrons. The molecule has 1 fully saturated rings. The maximum atomic E-state index is 15.1. The molecule has 0 amide bonds. The molecule has 0 bridgehead atoms. The number of carboxylic acid groups (broad SMARTS) is 1. The normalized spacial score (nSPS) is 17.6. The molecule has 38 heavy (non-hydrogen) atoms. The Morgan fingerprint density at radius 1 is 1.05 bits per heavy atom. The number of hydrogen-bond donors (Lipinski definition) is 1. The molecule has 3 aromatic carbocycles. The van der Waals surface area contributed by atoms with E-state index in [-0.39, 0.29) is 23.6 Å². The molecule has 4 nitrogen and oxygen atoms in total. The summed E-state index contributed by atoms with van der Waals surface area (Å²) >= 11 is 0. The molecule has 0 spiro atoms. The van der Waals surface area contributed by atoms with Crippen molar-refractivity contribution < 1.29 is 23.8 Å². The smallest absolute Gasteiger partial charge is 0.303 e. The monoisotopic (exact) mass is 518 g/mol. The number of benzene rings is 3. The Hall–Kier alpha value is -3.34. The minimum Gasteiger partial charge on any atom is -0.497 e. The van der Waals surface area contributed by atoms with E-state index in [0.29, 0.717) is 29.6 Å². The van der Waals surface area contributed by atoms with E-state index in [9.17, 15) is 9.90 Å². The molecular weight excluding hydrogens is 479 g/mol. The molecule has 0 unspecified atom stereocenters. The zero-order chi connectivity index (χ0) is 27.3. The lowest BCUT2D eigenvalue weighted by molar-refractivity contribution is -0.137. The fourth-order valence-corrected chi connectivity index (χ4v) is 5.88. The van der Waals surface area contributed by atoms with Crippen LogP contribution < -0.4 is 9.47 Å². The van der Waals surface area contributed by atoms with Gasteiger partial charge in [-0.25, -0.2) is 4.39 Å². The number of rotatable bonds is 10. The Morgan fingerprint density at radius 2 is 1.87 bits per heavy atom. The van der Waals surface area contributed by atoms with E-state index in [4.69, 9.17) is 9.47 Å². The lowest BCUT2D eigenvalue weighted by Crippen LogP contribution is -2.26. The summed E-state index contributed by atoms with van der Waals surface area (Å²) in [6, 6.07) is 18.9. The zero-order valence-corrected chi connectivity index (χ0v) is 22.9. The van der Waals surface area contributed by atoms with Gasteiger partial charge in [0.1, 0.15) is 23.9 Å². The molecule has 0 saturated heterocycles. The zero-order valence-electron chi connectivity index (χ0n) is 22.9. The highest BCUT2D eigenvalue weighted by Gasteiger charge is 2.35. The first-order valence-corrected chi connectivity index (χ1v) is 13.6. The van der Waals surface area contributed by atoms with Crippen molar-refractivity contribution in [3.63, 3.8) is 0 Å². The third-order valence-corrected chi connectivity index (χ3v) is 8.11. The van der Waals surface area contributed by atoms with E-state index in [0.717, 1.165) is 47.9 Å². The average molecular weight is 519 g/mol. The van der Waals surface area contributed by atoms with Crippen LogP contribution in [0.2, 0.25) is 0 Å². The van der Waals surface area contributed by atoms with Crippen LogP contribution in [0.3, 0.4) is 0 Å². The van der Waals surface area contributed by atoms with E-state index >= 15 is 4.39 Å². The van der Waals surface area contributed by atoms with Crippen molar-refractivity contribution >= 4 is 5.97 Å². The van der Waals surface area contributed by atoms with Crippen LogP contribution in [0.15, 0.2) is 60.7 Å². The van der Waals surface area contributed by atoms with Gasteiger partial charge in [0.2, 0.25) is 0 Å². The molecule has 5 heteroatoms. The molecule has 1 aliphatic rings. The molecule has 1 N–H and O–H groups in total. The van der Waals surface area contributed by atoms with Gasteiger partial charge < -0.3 is 14.6 Å². The number of halogens is 1. The summed E-state index contributed by atoms with van der Waals surface area (Å²) in [6.45, 7) is 7.01. The van der Waals surface area contributed by atoms with Crippen LogP contribution >= 0.6 is 0 Å². The standard InChI is InChI=1S/C33H39FO4/c1-5-23(19-32(35)36)24-9-8-10-26(18-24)38-21-22-12-14-27(29-20-25(37-4)13-15-31(29)34)28(17-22)30-11-6-7-16-33(30,2)3/h8-10,12-15,17-18,20,23,30H,5-7,11,16,19,21H2,1-4H3,(H,35,36)/t23-,30+/m0/s1. The molecule has 2 atom stereocenters. The SMILES string of the molecule is CC[C@@H](CC(=O)O)c1cccc(OCc2ccc(-c3cc(OC)ccc3F)c([C@H]3CCCCC3(C)C)c2)c1. The van der Waals surface area contributed by atoms with E-state index in [1.807, 2.05) is 43.3 Å². The van der Waals surface area contributed by atoms with E-state index < -0.39 is 5.97 Å². The van der Waals surface area contributed by atoms with Crippen molar-refractivity contribution in [2.75, 3.05) is 7.11 Å². The molecule has 3 aromatic rings. The molecule has 4 rings (SSSR count). The van der Waals surface area contributed by atoms with Gasteiger partial charge in [-0.1, -0.05) is 63.9 Å². The van der Waals surface area contributed by atoms with Crippen molar-refractivity contribution in [2.24, 2.45) is 5.41 Å². The maximum Gasteiger partial charge on any atom is 0.303 e. The van der Waals surface area contributed by atoms with Gasteiger partial charge in [-0.05, 0) is 89.1 Å². The molecule has 0 aromatic heterocycles. The van der Waals surface area contributed by atoms with E-state index in [1.165, 1.54) is 12.5 Å². The van der Waals surface area contributed by atoms with Gasteiger partial charge in [0.25, 0.3) is 0 Å². The molecule has 0 aliphatic heterocycles. The Labute approximate surface area is 225 Å². The minimum absolute atomic E-state index is 0.0479. The second kappa shape index (κ2) is 12.0. The molecule has 0 radical (unpaired) electrons. The van der Waals surface area contributed by atoms with Crippen molar-refractivity contribution in [1.82, 2.24) is 0 Å². The first kappa shape index (κ1) is 27.7. The second-order valence-electron chi connectivity index (χ2n) is 11.1. The Balaban J connectivity index is 1.66. The maximum absolute atomic E-state index is 15.1. The molecule has 1 aliphatic carbocycles. The Morgan fingerprint density at radius 3 is 2.58 bits per heavy atom. The number of hydrogen-bond acceptors (Lipinski definition) is 3. The average Bonchev–Trinajstić information content (AvgIpc) is 2.90. The predicted octanol–water partition coefficient (Wildman–Crippen LogP) is 8.73. The number of carbonyl (C=O) groups is 1. The lowest BCUT2D eigenvalue weighted by atomic mass is 9.65. The van der Waals surface area contributed by atoms with Gasteiger partial charge in [0.15, 0.2) is 0 Å². The second-order valence-corrected chi connectivity index (χ2v) is 11.1. The summed E-state index contributed by atoms with van der Waals surface area (Å²) in [5, 5.41) is 9.26. The van der Waals surface area contributed by atoms with Gasteiger partial charge in [-0.3, -0.25) is 4.79 Å². The lowest BCUT2D eigenvalue weighted by Gasteiger charge is -2.40. The number of methoxy groups -OCH3 is 1. The summed E-state index contributed by atoms with van der Waals surface area (Å²) < 4.78 is 26.7. The number of carboxylic acids is 1. The molecule has 1 saturated carbocycles. The van der Waals surface area contributed by atoms with Gasteiger partial charge in [0.05, 0.1) is 13.5 Å². The summed E-state index contributed by atoms with van der Waals surface area (Å²) in [6.07, 6.45) is 5.43. The quantitative estimate of drug-likeness (QED) is 0.291. The topological polar surface area (TPSA) is 55.8 Å². The number of ether oxygens (including phenoxy) is 2. The first-order chi connectivity index (χ1) is 18.2. The highest BCUT2D eigenvalue weighted by molar-refractivity contribution is 5.71. The van der Waals surface area contributed by atoms with E-state index in [2.05, 4.69) is 19.9 Å². The summed E-state index contributed by atoms with van der Waals surface area (Å²) in [7, 11) is 1.60. The van der Waals surface area contributed by atoms with Crippen LogP contribution in [0.5, 0.6) is 11.5 Å². The van der Waals surface area contributed by atoms with Crippen LogP contribution in [0, 0.1) is 11.2 Å². The Kier molecular flexibility index (Phi) is 8.76. The van der Waals surface area contributed by atoms with Crippen LogP contribution in [0.1, 0.15) is 87.8 Å². The third-order valence-electron chi connectivity index (χ3n) is 8.11. The van der Waals surface area contributed by atoms with Crippen LogP contribution in [-0.2, 0) is 11.4 Å². The van der Waals surface area contributed by atoms with E-state index in [1.54, 1.807) is 19.2 Å². The van der Waals surface area contributed by atoms with Crippen molar-refractivity contribution in [3.05, 3.63) is 83.2 Å². The predicted molar refractivity (Wildman–Crippen MR) is 149 cm³/mol. The van der Waals surface area contributed by atoms with Gasteiger partial charge >= 0.3 is 5.97 Å². The van der Waals surface area contributed by atoms with Crippen LogP contribution in [-0.4, -0.2) is 18.2 Å². The van der Waals surface area contributed by atoms with Gasteiger partial charge in [-0.15, -0.1) is 0 Å². The molecule has 0 heterocycles. The fourth-order valence-electron chi connectivity index (χ4n) is 5.88. The van der Waals surface area contributed by atoms with Crippen molar-refractivity contribution in [3.8, 4) is 22.6 Å². The minimum atomic E-state index is -0.797. The van der Waals surface area contributed by atoms with Crippen molar-refractivity contribution in [2.45, 2.75) is 77.7 Å². The van der Waals surface area contributed by atoms with Crippen LogP contribution in [0.25, 0.3) is 11.1 Å². The van der Waals surface area contributed by atoms with Crippen LogP contribution in [0.4, 0.5) is 4.39 Å². The van der Waals surface area contributed by atoms with Gasteiger partial charge in [-0.2, -0.15) is 0 Å².